The molecule has 0 aromatic heterocycles. The van der Waals surface area contributed by atoms with Crippen LogP contribution in [0.25, 0.3) is 76.8 Å². The molecule has 0 saturated carbocycles. The first-order chi connectivity index (χ1) is 20.8. The Kier molecular flexibility index (Phi) is 5.90. The summed E-state index contributed by atoms with van der Waals surface area (Å²) in [4.78, 5) is 0. The van der Waals surface area contributed by atoms with Crippen molar-refractivity contribution in [1.82, 2.24) is 0 Å². The lowest BCUT2D eigenvalue weighted by molar-refractivity contribution is 1.60. The Morgan fingerprint density at radius 3 is 1.38 bits per heavy atom. The molecule has 42 heavy (non-hydrogen) atoms. The minimum Gasteiger partial charge on any atom is -0.0622 e. The Balaban J connectivity index is 1.12. The fraction of sp³-hybridized carbons (Fsp3) is 0. The van der Waals surface area contributed by atoms with Crippen LogP contribution in [0.3, 0.4) is 0 Å². The summed E-state index contributed by atoms with van der Waals surface area (Å²) in [6.07, 6.45) is 0. The molecule has 0 amide bonds. The van der Waals surface area contributed by atoms with E-state index in [1.807, 2.05) is 0 Å². The second-order valence-electron chi connectivity index (χ2n) is 11.0. The lowest BCUT2D eigenvalue weighted by Crippen LogP contribution is -1.85. The Hall–Kier alpha value is -5.46. The highest BCUT2D eigenvalue weighted by Crippen LogP contribution is 2.35. The molecule has 0 radical (unpaired) electrons. The molecule has 0 bridgehead atoms. The predicted octanol–water partition coefficient (Wildman–Crippen LogP) is 11.8. The summed E-state index contributed by atoms with van der Waals surface area (Å²) in [6, 6.07) is 61.8. The average Bonchev–Trinajstić information content (AvgIpc) is 3.07. The molecule has 0 unspecified atom stereocenters. The van der Waals surface area contributed by atoms with Crippen LogP contribution in [0.2, 0.25) is 0 Å². The third kappa shape index (κ3) is 4.44. The zero-order valence-corrected chi connectivity index (χ0v) is 23.2. The summed E-state index contributed by atoms with van der Waals surface area (Å²) in [7, 11) is 0. The normalized spacial score (nSPS) is 11.3. The average molecular weight is 533 g/mol. The van der Waals surface area contributed by atoms with E-state index in [-0.39, 0.29) is 0 Å². The van der Waals surface area contributed by atoms with Gasteiger partial charge in [0.2, 0.25) is 0 Å². The molecule has 0 aliphatic rings. The van der Waals surface area contributed by atoms with E-state index in [0.717, 1.165) is 0 Å². The van der Waals surface area contributed by atoms with Crippen LogP contribution in [0.15, 0.2) is 170 Å². The van der Waals surface area contributed by atoms with Crippen LogP contribution in [0.1, 0.15) is 0 Å². The topological polar surface area (TPSA) is 0 Å². The van der Waals surface area contributed by atoms with Crippen molar-refractivity contribution in [3.05, 3.63) is 170 Å². The van der Waals surface area contributed by atoms with Crippen molar-refractivity contribution in [2.24, 2.45) is 0 Å². The Morgan fingerprint density at radius 2 is 0.643 bits per heavy atom. The Morgan fingerprint density at radius 1 is 0.214 bits per heavy atom. The van der Waals surface area contributed by atoms with Crippen LogP contribution in [-0.4, -0.2) is 0 Å². The van der Waals surface area contributed by atoms with E-state index in [1.54, 1.807) is 0 Å². The van der Waals surface area contributed by atoms with E-state index < -0.39 is 0 Å². The molecule has 0 spiro atoms. The lowest BCUT2D eigenvalue weighted by Gasteiger charge is -2.11. The van der Waals surface area contributed by atoms with E-state index in [2.05, 4.69) is 170 Å². The molecule has 8 aromatic rings. The number of fused-ring (bicyclic) bond motifs is 3. The van der Waals surface area contributed by atoms with Crippen molar-refractivity contribution in [3.8, 4) is 44.5 Å². The van der Waals surface area contributed by atoms with Crippen molar-refractivity contribution in [3.63, 3.8) is 0 Å². The second kappa shape index (κ2) is 10.2. The molecule has 196 valence electrons. The molecule has 8 aromatic carbocycles. The van der Waals surface area contributed by atoms with Gasteiger partial charge in [-0.2, -0.15) is 0 Å². The number of benzene rings is 8. The summed E-state index contributed by atoms with van der Waals surface area (Å²) >= 11 is 0. The van der Waals surface area contributed by atoms with Gasteiger partial charge in [0, 0.05) is 0 Å². The number of hydrogen-bond acceptors (Lipinski definition) is 0. The molecule has 0 fully saturated rings. The third-order valence-corrected chi connectivity index (χ3v) is 8.44. The van der Waals surface area contributed by atoms with Crippen LogP contribution in [-0.2, 0) is 0 Å². The maximum absolute atomic E-state index is 2.32. The molecule has 0 atom stereocenters. The molecule has 0 heterocycles. The van der Waals surface area contributed by atoms with Gasteiger partial charge >= 0.3 is 0 Å². The van der Waals surface area contributed by atoms with Crippen molar-refractivity contribution in [2.75, 3.05) is 0 Å². The minimum absolute atomic E-state index is 1.23. The van der Waals surface area contributed by atoms with Gasteiger partial charge in [-0.15, -0.1) is 0 Å². The summed E-state index contributed by atoms with van der Waals surface area (Å²) in [6.45, 7) is 0. The van der Waals surface area contributed by atoms with E-state index >= 15 is 0 Å². The van der Waals surface area contributed by atoms with Gasteiger partial charge in [0.15, 0.2) is 0 Å². The van der Waals surface area contributed by atoms with Crippen LogP contribution in [0.4, 0.5) is 0 Å². The zero-order chi connectivity index (χ0) is 27.9. The van der Waals surface area contributed by atoms with Crippen LogP contribution < -0.4 is 0 Å². The minimum atomic E-state index is 1.23. The monoisotopic (exact) mass is 532 g/mol. The zero-order valence-electron chi connectivity index (χ0n) is 23.2. The van der Waals surface area contributed by atoms with Gasteiger partial charge in [-0.05, 0) is 101 Å². The molecule has 0 heteroatoms. The molecule has 0 nitrogen and oxygen atoms in total. The lowest BCUT2D eigenvalue weighted by atomic mass is 9.93. The predicted molar refractivity (Wildman–Crippen MR) is 181 cm³/mol. The van der Waals surface area contributed by atoms with Crippen molar-refractivity contribution in [2.45, 2.75) is 0 Å². The largest absolute Gasteiger partial charge is 0.0622 e. The van der Waals surface area contributed by atoms with Gasteiger partial charge in [-0.25, -0.2) is 0 Å². The smallest absolute Gasteiger partial charge is 0.0105 e. The van der Waals surface area contributed by atoms with Crippen molar-refractivity contribution >= 4 is 32.3 Å². The van der Waals surface area contributed by atoms with Gasteiger partial charge in [-0.3, -0.25) is 0 Å². The highest BCUT2D eigenvalue weighted by molar-refractivity contribution is 6.01. The summed E-state index contributed by atoms with van der Waals surface area (Å²) in [5.41, 5.74) is 9.95. The van der Waals surface area contributed by atoms with Gasteiger partial charge < -0.3 is 0 Å². The molecule has 0 N–H and O–H groups in total. The highest BCUT2D eigenvalue weighted by Gasteiger charge is 2.08. The highest BCUT2D eigenvalue weighted by atomic mass is 14.1. The van der Waals surface area contributed by atoms with Crippen molar-refractivity contribution < 1.29 is 0 Å². The quantitative estimate of drug-likeness (QED) is 0.211. The van der Waals surface area contributed by atoms with E-state index in [9.17, 15) is 0 Å². The molecule has 0 saturated heterocycles. The van der Waals surface area contributed by atoms with Crippen LogP contribution in [0.5, 0.6) is 0 Å². The summed E-state index contributed by atoms with van der Waals surface area (Å²) < 4.78 is 0. The maximum atomic E-state index is 2.32. The van der Waals surface area contributed by atoms with E-state index in [4.69, 9.17) is 0 Å². The Bertz CT molecular complexity index is 2220. The molecular weight excluding hydrogens is 504 g/mol. The van der Waals surface area contributed by atoms with Gasteiger partial charge in [0.05, 0.1) is 0 Å². The summed E-state index contributed by atoms with van der Waals surface area (Å²) in [5, 5.41) is 7.58. The van der Waals surface area contributed by atoms with Crippen molar-refractivity contribution in [1.29, 1.82) is 0 Å². The fourth-order valence-corrected chi connectivity index (χ4v) is 6.16. The molecular formula is C42H28. The first-order valence-electron chi connectivity index (χ1n) is 14.5. The van der Waals surface area contributed by atoms with Crippen LogP contribution >= 0.6 is 0 Å². The number of rotatable bonds is 4. The summed E-state index contributed by atoms with van der Waals surface area (Å²) in [5.74, 6) is 0. The van der Waals surface area contributed by atoms with E-state index in [1.165, 1.54) is 76.8 Å². The molecule has 0 aliphatic carbocycles. The first kappa shape index (κ1) is 24.3. The second-order valence-corrected chi connectivity index (χ2v) is 11.0. The van der Waals surface area contributed by atoms with Gasteiger partial charge in [0.1, 0.15) is 0 Å². The molecule has 8 rings (SSSR count). The SMILES string of the molecule is c1ccc(-c2ccc(-c3ccc4c(-c5ccc6cc(-c7ccc8ccccc8c7)ccc6c5)cccc4c3)cc2)cc1. The Labute approximate surface area is 246 Å². The van der Waals surface area contributed by atoms with Gasteiger partial charge in [0.25, 0.3) is 0 Å². The van der Waals surface area contributed by atoms with Crippen LogP contribution in [0, 0.1) is 0 Å². The fourth-order valence-electron chi connectivity index (χ4n) is 6.16. The maximum Gasteiger partial charge on any atom is -0.0105 e. The standard InChI is InChI=1S/C42H28/c1-2-7-29(8-3-1)31-13-15-32(16-14-31)34-23-24-42-39(27-34)11-6-12-41(42)40-22-21-37-26-36(19-20-38(37)28-40)35-18-17-30-9-4-5-10-33(30)25-35/h1-28H. The number of hydrogen-bond donors (Lipinski definition) is 0. The third-order valence-electron chi connectivity index (χ3n) is 8.44. The molecule has 0 aliphatic heterocycles. The van der Waals surface area contributed by atoms with Gasteiger partial charge in [-0.1, -0.05) is 146 Å². The first-order valence-corrected chi connectivity index (χ1v) is 14.5. The van der Waals surface area contributed by atoms with E-state index in [0.29, 0.717) is 0 Å².